The van der Waals surface area contributed by atoms with Gasteiger partial charge in [0.15, 0.2) is 0 Å². The molecule has 39 heavy (non-hydrogen) atoms. The summed E-state index contributed by atoms with van der Waals surface area (Å²) in [4.78, 5) is 33.9. The van der Waals surface area contributed by atoms with Crippen molar-refractivity contribution in [3.8, 4) is 0 Å². The van der Waals surface area contributed by atoms with E-state index < -0.39 is 10.8 Å². The van der Waals surface area contributed by atoms with Crippen LogP contribution in [0.5, 0.6) is 0 Å². The molecule has 6 nitrogen and oxygen atoms in total. The minimum atomic E-state index is -1.62. The number of nitrogens with zero attached hydrogens (tertiary/aromatic N) is 3. The highest BCUT2D eigenvalue weighted by atomic mass is 32.2. The van der Waals surface area contributed by atoms with Gasteiger partial charge in [-0.2, -0.15) is 0 Å². The Labute approximate surface area is 228 Å². The van der Waals surface area contributed by atoms with Gasteiger partial charge in [-0.3, -0.25) is 9.59 Å². The summed E-state index contributed by atoms with van der Waals surface area (Å²) in [6.45, 7) is 2.72. The van der Waals surface area contributed by atoms with Gasteiger partial charge in [-0.25, -0.2) is 8.60 Å². The largest absolute Gasteiger partial charge is 0.368 e. The molecule has 0 radical (unpaired) electrons. The lowest BCUT2D eigenvalue weighted by Crippen LogP contribution is -2.48. The lowest BCUT2D eigenvalue weighted by Gasteiger charge is -2.36. The van der Waals surface area contributed by atoms with E-state index >= 15 is 0 Å². The molecule has 2 aliphatic rings. The Hall–Kier alpha value is -4.30. The second kappa shape index (κ2) is 10.5. The number of hydrogen-bond acceptors (Lipinski definition) is 4. The number of fused-ring (bicyclic) bond motifs is 2. The molecule has 4 aromatic rings. The van der Waals surface area contributed by atoms with Gasteiger partial charge in [0.05, 0.1) is 38.4 Å². The molecule has 4 aromatic carbocycles. The molecule has 0 saturated carbocycles. The summed E-state index contributed by atoms with van der Waals surface area (Å²) in [5.74, 6) is -0.816. The van der Waals surface area contributed by atoms with Crippen molar-refractivity contribution < 1.29 is 18.2 Å². The lowest BCUT2D eigenvalue weighted by molar-refractivity contribution is 0.0746. The van der Waals surface area contributed by atoms with Crippen molar-refractivity contribution in [3.05, 3.63) is 120 Å². The smallest absolute Gasteiger partial charge is 0.259 e. The SMILES string of the molecule is O=C(c1ccc2c(c1)N(Cc1ccc(F)cc1)C(=O)c1ccccc1[S@@]2=O)N1CCN(c2ccccc2)CC1. The van der Waals surface area contributed by atoms with Crippen LogP contribution in [0, 0.1) is 5.82 Å². The Bertz CT molecular complexity index is 1570. The standard InChI is InChI=1S/C31H26FN3O3S/c32-24-13-10-22(11-14-24)21-35-27-20-23(12-15-29(27)39(38)28-9-5-4-8-26(28)31(35)37)30(36)34-18-16-33(17-19-34)25-6-2-1-3-7-25/h1-15,20H,16-19,21H2/t39-/m0/s1. The number of halogens is 1. The van der Waals surface area contributed by atoms with Crippen molar-refractivity contribution in [1.29, 1.82) is 0 Å². The summed E-state index contributed by atoms with van der Waals surface area (Å²) in [6, 6.07) is 28.0. The molecular formula is C31H26FN3O3S. The van der Waals surface area contributed by atoms with Crippen LogP contribution < -0.4 is 9.80 Å². The molecule has 0 aromatic heterocycles. The zero-order chi connectivity index (χ0) is 26.9. The third-order valence-corrected chi connectivity index (χ3v) is 8.70. The zero-order valence-corrected chi connectivity index (χ0v) is 21.9. The molecule has 2 aliphatic heterocycles. The minimum Gasteiger partial charge on any atom is -0.368 e. The maximum absolute atomic E-state index is 13.8. The summed E-state index contributed by atoms with van der Waals surface area (Å²) in [5, 5.41) is 0. The molecule has 0 bridgehead atoms. The van der Waals surface area contributed by atoms with Gasteiger partial charge in [0, 0.05) is 37.4 Å². The van der Waals surface area contributed by atoms with Gasteiger partial charge >= 0.3 is 0 Å². The summed E-state index contributed by atoms with van der Waals surface area (Å²) < 4.78 is 27.2. The number of hydrogen-bond donors (Lipinski definition) is 0. The normalized spacial score (nSPS) is 16.9. The topological polar surface area (TPSA) is 60.9 Å². The Balaban J connectivity index is 1.33. The van der Waals surface area contributed by atoms with Crippen LogP contribution in [0.3, 0.4) is 0 Å². The third-order valence-electron chi connectivity index (χ3n) is 7.20. The van der Waals surface area contributed by atoms with Gasteiger partial charge in [0.1, 0.15) is 5.82 Å². The predicted octanol–water partition coefficient (Wildman–Crippen LogP) is 5.12. The van der Waals surface area contributed by atoms with Gasteiger partial charge < -0.3 is 14.7 Å². The first-order valence-corrected chi connectivity index (χ1v) is 13.9. The quantitative estimate of drug-likeness (QED) is 0.362. The van der Waals surface area contributed by atoms with E-state index in [0.29, 0.717) is 39.7 Å². The van der Waals surface area contributed by atoms with E-state index in [9.17, 15) is 18.2 Å². The predicted molar refractivity (Wildman–Crippen MR) is 149 cm³/mol. The number of piperazine rings is 1. The molecule has 0 spiro atoms. The van der Waals surface area contributed by atoms with E-state index in [1.807, 2.05) is 23.1 Å². The molecular weight excluding hydrogens is 513 g/mol. The first-order chi connectivity index (χ1) is 19.0. The van der Waals surface area contributed by atoms with Crippen molar-refractivity contribution in [2.24, 2.45) is 0 Å². The number of carbonyl (C=O) groups is 2. The summed E-state index contributed by atoms with van der Waals surface area (Å²) in [7, 11) is -1.62. The number of anilines is 2. The van der Waals surface area contributed by atoms with E-state index in [1.54, 1.807) is 54.6 Å². The van der Waals surface area contributed by atoms with Crippen molar-refractivity contribution in [3.63, 3.8) is 0 Å². The van der Waals surface area contributed by atoms with Crippen molar-refractivity contribution >= 4 is 34.0 Å². The average molecular weight is 540 g/mol. The van der Waals surface area contributed by atoms with Crippen LogP contribution in [-0.2, 0) is 17.3 Å². The summed E-state index contributed by atoms with van der Waals surface area (Å²) >= 11 is 0. The van der Waals surface area contributed by atoms with Crippen molar-refractivity contribution in [2.75, 3.05) is 36.0 Å². The average Bonchev–Trinajstić information content (AvgIpc) is 3.07. The van der Waals surface area contributed by atoms with Crippen LogP contribution >= 0.6 is 0 Å². The van der Waals surface area contributed by atoms with E-state index in [0.717, 1.165) is 24.3 Å². The maximum Gasteiger partial charge on any atom is 0.259 e. The van der Waals surface area contributed by atoms with Crippen LogP contribution in [-0.4, -0.2) is 47.1 Å². The van der Waals surface area contributed by atoms with Crippen molar-refractivity contribution in [1.82, 2.24) is 4.90 Å². The zero-order valence-electron chi connectivity index (χ0n) is 21.1. The molecule has 2 amide bonds. The van der Waals surface area contributed by atoms with Gasteiger partial charge in [-0.15, -0.1) is 0 Å². The number of para-hydroxylation sites is 1. The fraction of sp³-hybridized carbons (Fsp3) is 0.161. The van der Waals surface area contributed by atoms with E-state index in [-0.39, 0.29) is 24.2 Å². The first kappa shape index (κ1) is 25.0. The van der Waals surface area contributed by atoms with Gasteiger partial charge in [-0.1, -0.05) is 42.5 Å². The highest BCUT2D eigenvalue weighted by Crippen LogP contribution is 2.36. The number of benzene rings is 4. The highest BCUT2D eigenvalue weighted by Gasteiger charge is 2.32. The van der Waals surface area contributed by atoms with Crippen molar-refractivity contribution in [2.45, 2.75) is 16.3 Å². The molecule has 1 saturated heterocycles. The number of carbonyl (C=O) groups excluding carboxylic acids is 2. The fourth-order valence-electron chi connectivity index (χ4n) is 5.11. The molecule has 2 heterocycles. The van der Waals surface area contributed by atoms with Crippen LogP contribution in [0.4, 0.5) is 15.8 Å². The minimum absolute atomic E-state index is 0.132. The Morgan fingerprint density at radius 1 is 0.795 bits per heavy atom. The van der Waals surface area contributed by atoms with E-state index in [1.165, 1.54) is 17.0 Å². The second-order valence-corrected chi connectivity index (χ2v) is 11.0. The van der Waals surface area contributed by atoms with Crippen LogP contribution in [0.25, 0.3) is 0 Å². The number of amides is 2. The first-order valence-electron chi connectivity index (χ1n) is 12.8. The Morgan fingerprint density at radius 2 is 1.49 bits per heavy atom. The van der Waals surface area contributed by atoms with Crippen LogP contribution in [0.15, 0.2) is 107 Å². The summed E-state index contributed by atoms with van der Waals surface area (Å²) in [6.07, 6.45) is 0. The van der Waals surface area contributed by atoms with Gasteiger partial charge in [0.25, 0.3) is 11.8 Å². The lowest BCUT2D eigenvalue weighted by atomic mass is 10.1. The molecule has 1 atom stereocenters. The number of rotatable bonds is 4. The molecule has 6 rings (SSSR count). The van der Waals surface area contributed by atoms with E-state index in [4.69, 9.17) is 0 Å². The Kier molecular flexibility index (Phi) is 6.70. The van der Waals surface area contributed by atoms with Crippen LogP contribution in [0.1, 0.15) is 26.3 Å². The molecule has 8 heteroatoms. The second-order valence-electron chi connectivity index (χ2n) is 9.58. The van der Waals surface area contributed by atoms with Crippen LogP contribution in [0.2, 0.25) is 0 Å². The highest BCUT2D eigenvalue weighted by molar-refractivity contribution is 7.85. The van der Waals surface area contributed by atoms with Gasteiger partial charge in [0.2, 0.25) is 0 Å². The molecule has 0 N–H and O–H groups in total. The molecule has 1 fully saturated rings. The molecule has 0 unspecified atom stereocenters. The maximum atomic E-state index is 13.8. The van der Waals surface area contributed by atoms with E-state index in [2.05, 4.69) is 17.0 Å². The molecule has 0 aliphatic carbocycles. The summed E-state index contributed by atoms with van der Waals surface area (Å²) in [5.41, 5.74) is 3.05. The monoisotopic (exact) mass is 539 g/mol. The fourth-order valence-corrected chi connectivity index (χ4v) is 6.46. The third kappa shape index (κ3) is 4.83. The van der Waals surface area contributed by atoms with Gasteiger partial charge in [-0.05, 0) is 60.2 Å². The Morgan fingerprint density at radius 3 is 2.23 bits per heavy atom. The molecule has 196 valence electrons.